The molecular weight excluding hydrogens is 276 g/mol. The predicted molar refractivity (Wildman–Crippen MR) is 78.0 cm³/mol. The zero-order valence-electron chi connectivity index (χ0n) is 11.7. The van der Waals surface area contributed by atoms with Crippen molar-refractivity contribution in [2.75, 3.05) is 20.1 Å². The van der Waals surface area contributed by atoms with E-state index in [1.807, 2.05) is 18.4 Å². The van der Waals surface area contributed by atoms with Crippen LogP contribution in [0.4, 0.5) is 0 Å². The molecule has 1 aromatic rings. The lowest BCUT2D eigenvalue weighted by molar-refractivity contribution is -0.129. The highest BCUT2D eigenvalue weighted by molar-refractivity contribution is 7.12. The molecule has 2 rings (SSSR count). The molecule has 7 heteroatoms. The van der Waals surface area contributed by atoms with Gasteiger partial charge in [0.25, 0.3) is 5.91 Å². The standard InChI is InChI=1S/C13H20N4O2S/c1-13(12(19)15-2)4-5-17(8-13)7-9-3-6-20-10(9)11(18)16-14/h3,6H,4-5,7-8,14H2,1-2H3,(H,15,19)(H,16,18). The Morgan fingerprint density at radius 2 is 2.30 bits per heavy atom. The van der Waals surface area contributed by atoms with Gasteiger partial charge in [-0.25, -0.2) is 5.84 Å². The molecule has 1 atom stereocenters. The smallest absolute Gasteiger partial charge is 0.275 e. The second kappa shape index (κ2) is 5.90. The topological polar surface area (TPSA) is 87.5 Å². The maximum absolute atomic E-state index is 11.9. The van der Waals surface area contributed by atoms with E-state index in [1.165, 1.54) is 11.3 Å². The van der Waals surface area contributed by atoms with Crippen LogP contribution >= 0.6 is 11.3 Å². The van der Waals surface area contributed by atoms with Gasteiger partial charge in [0, 0.05) is 20.1 Å². The van der Waals surface area contributed by atoms with Crippen molar-refractivity contribution in [2.45, 2.75) is 19.9 Å². The van der Waals surface area contributed by atoms with E-state index in [1.54, 1.807) is 7.05 Å². The Morgan fingerprint density at radius 1 is 1.55 bits per heavy atom. The molecule has 0 saturated carbocycles. The van der Waals surface area contributed by atoms with Gasteiger partial charge in [0.1, 0.15) is 0 Å². The fourth-order valence-electron chi connectivity index (χ4n) is 2.64. The third kappa shape index (κ3) is 2.84. The number of amides is 2. The molecule has 2 amide bonds. The molecule has 0 bridgehead atoms. The van der Waals surface area contributed by atoms with E-state index in [-0.39, 0.29) is 17.2 Å². The van der Waals surface area contributed by atoms with Crippen LogP contribution in [0.25, 0.3) is 0 Å². The maximum atomic E-state index is 11.9. The first-order valence-corrected chi connectivity index (χ1v) is 7.40. The molecule has 1 fully saturated rings. The van der Waals surface area contributed by atoms with Crippen LogP contribution in [0.2, 0.25) is 0 Å². The first-order valence-electron chi connectivity index (χ1n) is 6.52. The lowest BCUT2D eigenvalue weighted by Crippen LogP contribution is -2.39. The van der Waals surface area contributed by atoms with Gasteiger partial charge in [-0.3, -0.25) is 19.9 Å². The summed E-state index contributed by atoms with van der Waals surface area (Å²) in [7, 11) is 1.67. The van der Waals surface area contributed by atoms with Crippen LogP contribution < -0.4 is 16.6 Å². The van der Waals surface area contributed by atoms with Gasteiger partial charge in [0.2, 0.25) is 5.91 Å². The maximum Gasteiger partial charge on any atom is 0.275 e. The van der Waals surface area contributed by atoms with Gasteiger partial charge >= 0.3 is 0 Å². The fourth-order valence-corrected chi connectivity index (χ4v) is 3.46. The molecule has 4 N–H and O–H groups in total. The SMILES string of the molecule is CNC(=O)C1(C)CCN(Cc2ccsc2C(=O)NN)C1. The number of hydrazine groups is 1. The number of rotatable bonds is 4. The molecule has 110 valence electrons. The van der Waals surface area contributed by atoms with Crippen LogP contribution in [0.5, 0.6) is 0 Å². The fraction of sp³-hybridized carbons (Fsp3) is 0.538. The third-order valence-corrected chi connectivity index (χ3v) is 4.76. The van der Waals surface area contributed by atoms with E-state index in [2.05, 4.69) is 15.6 Å². The Labute approximate surface area is 122 Å². The van der Waals surface area contributed by atoms with Gasteiger partial charge in [-0.2, -0.15) is 0 Å². The molecule has 20 heavy (non-hydrogen) atoms. The van der Waals surface area contributed by atoms with E-state index in [0.717, 1.165) is 18.5 Å². The number of carbonyl (C=O) groups excluding carboxylic acids is 2. The zero-order chi connectivity index (χ0) is 14.8. The van der Waals surface area contributed by atoms with Crippen LogP contribution in [0.3, 0.4) is 0 Å². The van der Waals surface area contributed by atoms with Gasteiger partial charge in [-0.15, -0.1) is 11.3 Å². The average molecular weight is 296 g/mol. The van der Waals surface area contributed by atoms with Crippen molar-refractivity contribution in [1.29, 1.82) is 0 Å². The van der Waals surface area contributed by atoms with Crippen LogP contribution in [-0.4, -0.2) is 36.9 Å². The number of thiophene rings is 1. The molecule has 0 aromatic carbocycles. The molecule has 0 aliphatic carbocycles. The summed E-state index contributed by atoms with van der Waals surface area (Å²) in [6.45, 7) is 4.20. The van der Waals surface area contributed by atoms with Gasteiger partial charge in [0.15, 0.2) is 0 Å². The second-order valence-corrected chi connectivity index (χ2v) is 6.26. The number of carbonyl (C=O) groups is 2. The van der Waals surface area contributed by atoms with Crippen molar-refractivity contribution in [2.24, 2.45) is 11.3 Å². The minimum absolute atomic E-state index is 0.0743. The lowest BCUT2D eigenvalue weighted by atomic mass is 9.89. The Morgan fingerprint density at radius 3 is 2.95 bits per heavy atom. The number of hydrogen-bond acceptors (Lipinski definition) is 5. The number of nitrogens with two attached hydrogens (primary N) is 1. The molecule has 0 radical (unpaired) electrons. The van der Waals surface area contributed by atoms with Crippen LogP contribution in [0, 0.1) is 5.41 Å². The highest BCUT2D eigenvalue weighted by Gasteiger charge is 2.39. The second-order valence-electron chi connectivity index (χ2n) is 5.35. The summed E-state index contributed by atoms with van der Waals surface area (Å²) >= 11 is 1.38. The van der Waals surface area contributed by atoms with E-state index in [9.17, 15) is 9.59 Å². The molecule has 1 unspecified atom stereocenters. The summed E-state index contributed by atoms with van der Waals surface area (Å²) in [6, 6.07) is 1.94. The van der Waals surface area contributed by atoms with Crippen LogP contribution in [0.15, 0.2) is 11.4 Å². The molecule has 1 aliphatic heterocycles. The molecule has 1 saturated heterocycles. The quantitative estimate of drug-likeness (QED) is 0.424. The number of nitrogens with zero attached hydrogens (tertiary/aromatic N) is 1. The lowest BCUT2D eigenvalue weighted by Gasteiger charge is -2.22. The van der Waals surface area contributed by atoms with Gasteiger partial charge in [-0.1, -0.05) is 0 Å². The van der Waals surface area contributed by atoms with Crippen molar-refractivity contribution in [3.63, 3.8) is 0 Å². The van der Waals surface area contributed by atoms with E-state index >= 15 is 0 Å². The number of hydrogen-bond donors (Lipinski definition) is 3. The van der Waals surface area contributed by atoms with E-state index < -0.39 is 0 Å². The van der Waals surface area contributed by atoms with E-state index in [0.29, 0.717) is 18.0 Å². The Balaban J connectivity index is 2.04. The van der Waals surface area contributed by atoms with Crippen molar-refractivity contribution < 1.29 is 9.59 Å². The number of nitrogens with one attached hydrogen (secondary N) is 2. The third-order valence-electron chi connectivity index (χ3n) is 3.81. The Bertz CT molecular complexity index is 516. The minimum atomic E-state index is -0.346. The van der Waals surface area contributed by atoms with Gasteiger partial charge < -0.3 is 5.32 Å². The molecule has 1 aromatic heterocycles. The van der Waals surface area contributed by atoms with Crippen LogP contribution in [0.1, 0.15) is 28.6 Å². The summed E-state index contributed by atoms with van der Waals surface area (Å²) < 4.78 is 0. The molecule has 6 nitrogen and oxygen atoms in total. The molecule has 2 heterocycles. The van der Waals surface area contributed by atoms with Crippen molar-refractivity contribution in [3.8, 4) is 0 Å². The first kappa shape index (κ1) is 15.0. The summed E-state index contributed by atoms with van der Waals surface area (Å²) in [5.41, 5.74) is 2.78. The number of nitrogen functional groups attached to an aromatic ring is 1. The summed E-state index contributed by atoms with van der Waals surface area (Å²) in [4.78, 5) is 26.4. The summed E-state index contributed by atoms with van der Waals surface area (Å²) in [5, 5.41) is 4.60. The molecular formula is C13H20N4O2S. The Kier molecular flexibility index (Phi) is 4.42. The Hall–Kier alpha value is -1.44. The van der Waals surface area contributed by atoms with Crippen molar-refractivity contribution in [1.82, 2.24) is 15.6 Å². The minimum Gasteiger partial charge on any atom is -0.359 e. The highest BCUT2D eigenvalue weighted by atomic mass is 32.1. The van der Waals surface area contributed by atoms with Gasteiger partial charge in [0.05, 0.1) is 10.3 Å². The first-order chi connectivity index (χ1) is 9.50. The highest BCUT2D eigenvalue weighted by Crippen LogP contribution is 2.31. The normalized spacial score (nSPS) is 22.8. The predicted octanol–water partition coefficient (Wildman–Crippen LogP) is 0.310. The van der Waals surface area contributed by atoms with E-state index in [4.69, 9.17) is 5.84 Å². The molecule has 1 aliphatic rings. The number of likely N-dealkylation sites (tertiary alicyclic amines) is 1. The summed E-state index contributed by atoms with van der Waals surface area (Å²) in [6.07, 6.45) is 0.829. The average Bonchev–Trinajstić information content (AvgIpc) is 3.05. The monoisotopic (exact) mass is 296 g/mol. The largest absolute Gasteiger partial charge is 0.359 e. The summed E-state index contributed by atoms with van der Waals surface area (Å²) in [5.74, 6) is 5.00. The van der Waals surface area contributed by atoms with Crippen molar-refractivity contribution in [3.05, 3.63) is 21.9 Å². The zero-order valence-corrected chi connectivity index (χ0v) is 12.5. The van der Waals surface area contributed by atoms with Crippen molar-refractivity contribution >= 4 is 23.2 Å². The van der Waals surface area contributed by atoms with Gasteiger partial charge in [-0.05, 0) is 36.9 Å². The molecule has 0 spiro atoms. The van der Waals surface area contributed by atoms with Crippen LogP contribution in [-0.2, 0) is 11.3 Å².